The van der Waals surface area contributed by atoms with E-state index in [1.165, 1.54) is 4.90 Å². The van der Waals surface area contributed by atoms with Crippen molar-refractivity contribution >= 4 is 11.9 Å². The van der Waals surface area contributed by atoms with Gasteiger partial charge in [-0.25, -0.2) is 4.99 Å². The highest BCUT2D eigenvalue weighted by Gasteiger charge is 2.49. The van der Waals surface area contributed by atoms with Gasteiger partial charge in [0.15, 0.2) is 11.5 Å². The van der Waals surface area contributed by atoms with E-state index >= 15 is 0 Å². The number of nitrogens with two attached hydrogens (primary N) is 1. The largest absolute Gasteiger partial charge is 0.380 e. The van der Waals surface area contributed by atoms with E-state index in [2.05, 4.69) is 11.1 Å². The van der Waals surface area contributed by atoms with Crippen molar-refractivity contribution in [3.8, 4) is 11.1 Å². The molecule has 0 radical (unpaired) electrons. The van der Waals surface area contributed by atoms with E-state index < -0.39 is 5.54 Å². The molecule has 0 spiro atoms. The summed E-state index contributed by atoms with van der Waals surface area (Å²) in [7, 11) is 3.34. The molecule has 4 rings (SSSR count). The van der Waals surface area contributed by atoms with Crippen molar-refractivity contribution in [2.45, 2.75) is 12.1 Å². The van der Waals surface area contributed by atoms with Gasteiger partial charge < -0.3 is 10.5 Å². The van der Waals surface area contributed by atoms with Crippen LogP contribution in [0, 0.1) is 0 Å². The van der Waals surface area contributed by atoms with Crippen LogP contribution in [0.3, 0.4) is 0 Å². The van der Waals surface area contributed by atoms with Gasteiger partial charge >= 0.3 is 0 Å². The third-order valence-corrected chi connectivity index (χ3v) is 5.28. The standard InChI is InChI=1S/C24H23N3O2/c1-27-22(28)24(26-23(27)25,20-11-4-3-5-12-20)21-13-7-10-19(15-21)18-9-6-8-17(14-18)16-29-2/h3-15H,16H2,1-2H3,(H2,25,26). The van der Waals surface area contributed by atoms with E-state index in [9.17, 15) is 4.79 Å². The topological polar surface area (TPSA) is 67.9 Å². The fraction of sp³-hybridized carbons (Fsp3) is 0.167. The molecule has 5 nitrogen and oxygen atoms in total. The van der Waals surface area contributed by atoms with Crippen molar-refractivity contribution in [1.82, 2.24) is 4.90 Å². The number of carbonyl (C=O) groups is 1. The number of hydrogen-bond donors (Lipinski definition) is 1. The maximum Gasteiger partial charge on any atom is 0.266 e. The van der Waals surface area contributed by atoms with Crippen LogP contribution < -0.4 is 5.73 Å². The number of methoxy groups -OCH3 is 1. The van der Waals surface area contributed by atoms with E-state index in [4.69, 9.17) is 10.5 Å². The zero-order valence-electron chi connectivity index (χ0n) is 16.5. The Morgan fingerprint density at radius 3 is 2.24 bits per heavy atom. The van der Waals surface area contributed by atoms with Crippen molar-refractivity contribution in [1.29, 1.82) is 0 Å². The van der Waals surface area contributed by atoms with Crippen LogP contribution >= 0.6 is 0 Å². The predicted octanol–water partition coefficient (Wildman–Crippen LogP) is 3.53. The number of likely N-dealkylation sites (N-methyl/N-ethyl adjacent to an activating group) is 1. The first-order valence-electron chi connectivity index (χ1n) is 9.44. The molecule has 146 valence electrons. The Bertz CT molecular complexity index is 1080. The summed E-state index contributed by atoms with van der Waals surface area (Å²) in [6.45, 7) is 0.547. The first-order valence-corrected chi connectivity index (χ1v) is 9.44. The van der Waals surface area contributed by atoms with Crippen LogP contribution in [0.4, 0.5) is 0 Å². The molecule has 1 atom stereocenters. The number of aliphatic imine (C=N–C) groups is 1. The number of ether oxygens (including phenoxy) is 1. The number of guanidine groups is 1. The van der Waals surface area contributed by atoms with E-state index in [1.807, 2.05) is 72.8 Å². The third-order valence-electron chi connectivity index (χ3n) is 5.28. The fourth-order valence-corrected chi connectivity index (χ4v) is 3.79. The van der Waals surface area contributed by atoms with Gasteiger partial charge in [-0.05, 0) is 39.9 Å². The normalized spacial score (nSPS) is 18.8. The Balaban J connectivity index is 1.87. The second kappa shape index (κ2) is 7.53. The Hall–Kier alpha value is -3.44. The van der Waals surface area contributed by atoms with Gasteiger partial charge in [-0.15, -0.1) is 0 Å². The average molecular weight is 385 g/mol. The minimum atomic E-state index is -1.18. The third kappa shape index (κ3) is 3.19. The maximum atomic E-state index is 13.3. The summed E-state index contributed by atoms with van der Waals surface area (Å²) in [6.07, 6.45) is 0. The van der Waals surface area contributed by atoms with Crippen LogP contribution in [0.15, 0.2) is 83.9 Å². The summed E-state index contributed by atoms with van der Waals surface area (Å²) in [6, 6.07) is 25.7. The number of rotatable bonds is 5. The lowest BCUT2D eigenvalue weighted by Crippen LogP contribution is -2.41. The Kier molecular flexibility index (Phi) is 4.91. The van der Waals surface area contributed by atoms with Crippen LogP contribution in [0.2, 0.25) is 0 Å². The van der Waals surface area contributed by atoms with Gasteiger partial charge in [-0.3, -0.25) is 9.69 Å². The quantitative estimate of drug-likeness (QED) is 0.731. The van der Waals surface area contributed by atoms with Gasteiger partial charge in [0.25, 0.3) is 5.91 Å². The van der Waals surface area contributed by atoms with Crippen molar-refractivity contribution in [3.05, 3.63) is 95.6 Å². The zero-order valence-corrected chi connectivity index (χ0v) is 16.5. The summed E-state index contributed by atoms with van der Waals surface area (Å²) in [5.74, 6) is 0.0535. The number of amides is 1. The van der Waals surface area contributed by atoms with E-state index in [1.54, 1.807) is 14.2 Å². The second-order valence-corrected chi connectivity index (χ2v) is 7.12. The molecule has 1 amide bonds. The molecule has 2 N–H and O–H groups in total. The lowest BCUT2D eigenvalue weighted by atomic mass is 9.81. The first kappa shape index (κ1) is 18.9. The molecule has 1 aliphatic heterocycles. The molecule has 3 aromatic carbocycles. The monoisotopic (exact) mass is 385 g/mol. The highest BCUT2D eigenvalue weighted by atomic mass is 16.5. The summed E-state index contributed by atoms with van der Waals surface area (Å²) in [4.78, 5) is 19.4. The highest BCUT2D eigenvalue weighted by molar-refractivity contribution is 6.09. The molecule has 29 heavy (non-hydrogen) atoms. The zero-order chi connectivity index (χ0) is 20.4. The van der Waals surface area contributed by atoms with Crippen LogP contribution in [-0.4, -0.2) is 30.9 Å². The molecule has 0 saturated heterocycles. The maximum absolute atomic E-state index is 13.3. The summed E-state index contributed by atoms with van der Waals surface area (Å²) >= 11 is 0. The van der Waals surface area contributed by atoms with Crippen molar-refractivity contribution < 1.29 is 9.53 Å². The number of nitrogens with zero attached hydrogens (tertiary/aromatic N) is 2. The van der Waals surface area contributed by atoms with E-state index in [0.717, 1.165) is 27.8 Å². The van der Waals surface area contributed by atoms with Gasteiger partial charge in [-0.2, -0.15) is 0 Å². The Morgan fingerprint density at radius 1 is 0.931 bits per heavy atom. The van der Waals surface area contributed by atoms with Crippen LogP contribution in [0.1, 0.15) is 16.7 Å². The molecule has 0 fully saturated rings. The van der Waals surface area contributed by atoms with E-state index in [-0.39, 0.29) is 11.9 Å². The molecule has 1 heterocycles. The van der Waals surface area contributed by atoms with Crippen molar-refractivity contribution in [2.24, 2.45) is 10.7 Å². The average Bonchev–Trinajstić information content (AvgIpc) is 3.00. The van der Waals surface area contributed by atoms with Gasteiger partial charge in [-0.1, -0.05) is 66.7 Å². The highest BCUT2D eigenvalue weighted by Crippen LogP contribution is 2.40. The Labute approximate surface area is 170 Å². The number of benzene rings is 3. The summed E-state index contributed by atoms with van der Waals surface area (Å²) < 4.78 is 5.25. The predicted molar refractivity (Wildman–Crippen MR) is 114 cm³/mol. The molecule has 5 heteroatoms. The fourth-order valence-electron chi connectivity index (χ4n) is 3.79. The van der Waals surface area contributed by atoms with Crippen LogP contribution in [0.25, 0.3) is 11.1 Å². The van der Waals surface area contributed by atoms with Crippen LogP contribution in [-0.2, 0) is 21.7 Å². The molecule has 1 unspecified atom stereocenters. The van der Waals surface area contributed by atoms with Gasteiger partial charge in [0, 0.05) is 14.2 Å². The second-order valence-electron chi connectivity index (χ2n) is 7.12. The molecule has 0 saturated carbocycles. The van der Waals surface area contributed by atoms with Gasteiger partial charge in [0.1, 0.15) is 0 Å². The van der Waals surface area contributed by atoms with Crippen molar-refractivity contribution in [2.75, 3.05) is 14.2 Å². The molecule has 3 aromatic rings. The molecular weight excluding hydrogens is 362 g/mol. The lowest BCUT2D eigenvalue weighted by Gasteiger charge is -2.26. The molecule has 0 aromatic heterocycles. The van der Waals surface area contributed by atoms with Crippen molar-refractivity contribution in [3.63, 3.8) is 0 Å². The smallest absolute Gasteiger partial charge is 0.266 e. The molecule has 0 aliphatic carbocycles. The molecule has 1 aliphatic rings. The number of carbonyl (C=O) groups excluding carboxylic acids is 1. The summed E-state index contributed by atoms with van der Waals surface area (Å²) in [5, 5.41) is 0. The SMILES string of the molecule is COCc1cccc(-c2cccc(C3(c4ccccc4)N=C(N)N(C)C3=O)c2)c1. The van der Waals surface area contributed by atoms with Gasteiger partial charge in [0.2, 0.25) is 0 Å². The minimum absolute atomic E-state index is 0.161. The summed E-state index contributed by atoms with van der Waals surface area (Å²) in [5.41, 5.74) is 9.62. The van der Waals surface area contributed by atoms with Crippen LogP contribution in [0.5, 0.6) is 0 Å². The Morgan fingerprint density at radius 2 is 1.59 bits per heavy atom. The minimum Gasteiger partial charge on any atom is -0.380 e. The molecule has 0 bridgehead atoms. The van der Waals surface area contributed by atoms with Gasteiger partial charge in [0.05, 0.1) is 6.61 Å². The number of hydrogen-bond acceptors (Lipinski definition) is 4. The molecular formula is C24H23N3O2. The lowest BCUT2D eigenvalue weighted by molar-refractivity contribution is -0.129. The van der Waals surface area contributed by atoms with E-state index in [0.29, 0.717) is 6.61 Å². The first-order chi connectivity index (χ1) is 14.1.